The number of halogens is 1. The molecule has 0 spiro atoms. The molecule has 0 saturated carbocycles. The van der Waals surface area contributed by atoms with Crippen LogP contribution in [-0.4, -0.2) is 42.8 Å². The van der Waals surface area contributed by atoms with Crippen molar-refractivity contribution in [3.63, 3.8) is 0 Å². The summed E-state index contributed by atoms with van der Waals surface area (Å²) >= 11 is 8.71. The molecule has 1 aliphatic heterocycles. The molecule has 32 heavy (non-hydrogen) atoms. The second kappa shape index (κ2) is 11.9. The van der Waals surface area contributed by atoms with E-state index in [4.69, 9.17) is 21.7 Å². The van der Waals surface area contributed by atoms with Crippen LogP contribution >= 0.6 is 28.1 Å². The van der Waals surface area contributed by atoms with Crippen molar-refractivity contribution < 1.29 is 19.1 Å². The molecule has 2 aromatic rings. The van der Waals surface area contributed by atoms with Crippen LogP contribution in [0.4, 0.5) is 5.69 Å². The van der Waals surface area contributed by atoms with Crippen molar-refractivity contribution in [1.82, 2.24) is 10.6 Å². The molecule has 1 atom stereocenters. The van der Waals surface area contributed by atoms with Crippen molar-refractivity contribution in [3.8, 4) is 5.75 Å². The Morgan fingerprint density at radius 3 is 2.75 bits per heavy atom. The third kappa shape index (κ3) is 6.75. The van der Waals surface area contributed by atoms with Gasteiger partial charge in [-0.2, -0.15) is 0 Å². The lowest BCUT2D eigenvalue weighted by atomic mass is 10.1. The Kier molecular flexibility index (Phi) is 9.01. The van der Waals surface area contributed by atoms with E-state index in [2.05, 4.69) is 31.9 Å². The predicted molar refractivity (Wildman–Crippen MR) is 131 cm³/mol. The van der Waals surface area contributed by atoms with Crippen molar-refractivity contribution in [3.05, 3.63) is 58.1 Å². The number of thiocarbonyl (C=S) groups is 1. The molecule has 2 aromatic carbocycles. The molecule has 1 unspecified atom stereocenters. The van der Waals surface area contributed by atoms with E-state index in [-0.39, 0.29) is 17.1 Å². The number of amides is 2. The standard InChI is InChI=1S/C23H26BrN3O4S/c1-2-11-31-20-10-9-15(24)13-18(20)22(29)27-23(32)26-19-8-4-3-7-17(19)21(28)25-14-16-6-5-12-30-16/h3-4,7-10,13,16H,2,5-6,11-12,14H2,1H3,(H,25,28)(H2,26,27,29,32). The predicted octanol–water partition coefficient (Wildman–Crippen LogP) is 4.27. The Morgan fingerprint density at radius 1 is 1.19 bits per heavy atom. The third-order valence-corrected chi connectivity index (χ3v) is 5.51. The summed E-state index contributed by atoms with van der Waals surface area (Å²) in [7, 11) is 0. The van der Waals surface area contributed by atoms with Crippen LogP contribution in [0.25, 0.3) is 0 Å². The largest absolute Gasteiger partial charge is 0.493 e. The van der Waals surface area contributed by atoms with E-state index in [0.717, 1.165) is 30.3 Å². The van der Waals surface area contributed by atoms with Crippen molar-refractivity contribution in [2.24, 2.45) is 0 Å². The molecule has 9 heteroatoms. The highest BCUT2D eigenvalue weighted by Crippen LogP contribution is 2.24. The van der Waals surface area contributed by atoms with Crippen molar-refractivity contribution in [1.29, 1.82) is 0 Å². The SMILES string of the molecule is CCCOc1ccc(Br)cc1C(=O)NC(=S)Nc1ccccc1C(=O)NCC1CCCO1. The number of rotatable bonds is 8. The quantitative estimate of drug-likeness (QED) is 0.451. The Morgan fingerprint density at radius 2 is 2.00 bits per heavy atom. The molecule has 170 valence electrons. The smallest absolute Gasteiger partial charge is 0.261 e. The number of para-hydroxylation sites is 1. The van der Waals surface area contributed by atoms with Gasteiger partial charge in [0.05, 0.1) is 29.5 Å². The van der Waals surface area contributed by atoms with Crippen LogP contribution in [0.3, 0.4) is 0 Å². The van der Waals surface area contributed by atoms with Gasteiger partial charge >= 0.3 is 0 Å². The summed E-state index contributed by atoms with van der Waals surface area (Å²) in [5.74, 6) is -0.167. The van der Waals surface area contributed by atoms with Gasteiger partial charge in [-0.3, -0.25) is 14.9 Å². The first-order chi connectivity index (χ1) is 15.5. The monoisotopic (exact) mass is 519 g/mol. The zero-order chi connectivity index (χ0) is 22.9. The summed E-state index contributed by atoms with van der Waals surface area (Å²) in [6, 6.07) is 12.2. The molecule has 3 N–H and O–H groups in total. The lowest BCUT2D eigenvalue weighted by Crippen LogP contribution is -2.36. The zero-order valence-electron chi connectivity index (χ0n) is 17.8. The molecule has 0 radical (unpaired) electrons. The van der Waals surface area contributed by atoms with E-state index in [0.29, 0.717) is 35.7 Å². The Labute approximate surface area is 201 Å². The van der Waals surface area contributed by atoms with Crippen molar-refractivity contribution in [2.45, 2.75) is 32.3 Å². The second-order valence-corrected chi connectivity index (χ2v) is 8.61. The summed E-state index contributed by atoms with van der Waals surface area (Å²) < 4.78 is 12.0. The highest BCUT2D eigenvalue weighted by atomic mass is 79.9. The average Bonchev–Trinajstić information content (AvgIpc) is 3.30. The molecule has 7 nitrogen and oxygen atoms in total. The van der Waals surface area contributed by atoms with Crippen LogP contribution in [0.1, 0.15) is 46.9 Å². The molecule has 1 heterocycles. The molecule has 3 rings (SSSR count). The van der Waals surface area contributed by atoms with Crippen LogP contribution in [-0.2, 0) is 4.74 Å². The molecular formula is C23H26BrN3O4S. The number of carbonyl (C=O) groups is 2. The third-order valence-electron chi connectivity index (χ3n) is 4.81. The lowest BCUT2D eigenvalue weighted by molar-refractivity contribution is 0.0858. The van der Waals surface area contributed by atoms with Gasteiger partial charge in [-0.25, -0.2) is 0 Å². The van der Waals surface area contributed by atoms with Gasteiger partial charge < -0.3 is 20.1 Å². The van der Waals surface area contributed by atoms with E-state index in [1.54, 1.807) is 36.4 Å². The van der Waals surface area contributed by atoms with Crippen molar-refractivity contribution >= 4 is 50.8 Å². The minimum absolute atomic E-state index is 0.0498. The number of carbonyl (C=O) groups excluding carboxylic acids is 2. The van der Waals surface area contributed by atoms with Crippen LogP contribution in [0.5, 0.6) is 5.75 Å². The fraction of sp³-hybridized carbons (Fsp3) is 0.348. The molecule has 0 bridgehead atoms. The Bertz CT molecular complexity index is 979. The average molecular weight is 520 g/mol. The van der Waals surface area contributed by atoms with Gasteiger partial charge in [0.15, 0.2) is 5.11 Å². The first-order valence-corrected chi connectivity index (χ1v) is 11.7. The van der Waals surface area contributed by atoms with Gasteiger partial charge in [0.25, 0.3) is 11.8 Å². The highest BCUT2D eigenvalue weighted by Gasteiger charge is 2.19. The molecule has 2 amide bonds. The topological polar surface area (TPSA) is 88.7 Å². The van der Waals surface area contributed by atoms with Gasteiger partial charge in [-0.05, 0) is 61.8 Å². The van der Waals surface area contributed by atoms with Crippen LogP contribution in [0.2, 0.25) is 0 Å². The number of benzene rings is 2. The van der Waals surface area contributed by atoms with E-state index in [1.165, 1.54) is 0 Å². The summed E-state index contributed by atoms with van der Waals surface area (Å²) in [6.07, 6.45) is 2.82. The van der Waals surface area contributed by atoms with Crippen LogP contribution < -0.4 is 20.7 Å². The van der Waals surface area contributed by atoms with Crippen LogP contribution in [0.15, 0.2) is 46.9 Å². The van der Waals surface area contributed by atoms with Gasteiger partial charge in [0.2, 0.25) is 0 Å². The summed E-state index contributed by atoms with van der Waals surface area (Å²) in [5, 5.41) is 8.59. The first-order valence-electron chi connectivity index (χ1n) is 10.5. The van der Waals surface area contributed by atoms with E-state index in [1.807, 2.05) is 13.0 Å². The Hall–Kier alpha value is -2.49. The second-order valence-electron chi connectivity index (χ2n) is 7.29. The van der Waals surface area contributed by atoms with E-state index in [9.17, 15) is 9.59 Å². The minimum atomic E-state index is -0.407. The molecule has 1 fully saturated rings. The number of hydrogen-bond acceptors (Lipinski definition) is 5. The molecular weight excluding hydrogens is 494 g/mol. The fourth-order valence-electron chi connectivity index (χ4n) is 3.24. The maximum absolute atomic E-state index is 12.8. The Balaban J connectivity index is 1.64. The summed E-state index contributed by atoms with van der Waals surface area (Å²) in [5.41, 5.74) is 1.29. The number of hydrogen-bond donors (Lipinski definition) is 3. The maximum Gasteiger partial charge on any atom is 0.261 e. The van der Waals surface area contributed by atoms with Crippen LogP contribution in [0, 0.1) is 0 Å². The zero-order valence-corrected chi connectivity index (χ0v) is 20.2. The number of ether oxygens (including phenoxy) is 2. The van der Waals surface area contributed by atoms with Gasteiger partial charge in [0.1, 0.15) is 5.75 Å². The van der Waals surface area contributed by atoms with Crippen molar-refractivity contribution in [2.75, 3.05) is 25.1 Å². The lowest BCUT2D eigenvalue weighted by Gasteiger charge is -2.16. The molecule has 0 aliphatic carbocycles. The van der Waals surface area contributed by atoms with Gasteiger partial charge in [0, 0.05) is 17.6 Å². The van der Waals surface area contributed by atoms with E-state index >= 15 is 0 Å². The fourth-order valence-corrected chi connectivity index (χ4v) is 3.80. The molecule has 1 saturated heterocycles. The van der Waals surface area contributed by atoms with Gasteiger partial charge in [-0.1, -0.05) is 35.0 Å². The number of nitrogens with one attached hydrogen (secondary N) is 3. The minimum Gasteiger partial charge on any atom is -0.493 e. The molecule has 1 aliphatic rings. The number of anilines is 1. The highest BCUT2D eigenvalue weighted by molar-refractivity contribution is 9.10. The van der Waals surface area contributed by atoms with E-state index < -0.39 is 5.91 Å². The summed E-state index contributed by atoms with van der Waals surface area (Å²) in [6.45, 7) is 3.68. The van der Waals surface area contributed by atoms with Gasteiger partial charge in [-0.15, -0.1) is 0 Å². The molecule has 0 aromatic heterocycles. The normalized spacial score (nSPS) is 15.1. The maximum atomic E-state index is 12.8. The summed E-state index contributed by atoms with van der Waals surface area (Å²) in [4.78, 5) is 25.5. The first kappa shape index (κ1) is 24.2.